The zero-order valence-corrected chi connectivity index (χ0v) is 5.59. The summed E-state index contributed by atoms with van der Waals surface area (Å²) in [5.41, 5.74) is 0. The molecule has 1 rings (SSSR count). The maximum atomic E-state index is 10.7. The fraction of sp³-hybridized carbons (Fsp3) is 0.714. The minimum absolute atomic E-state index is 0.0891. The Kier molecular flexibility index (Phi) is 2.11. The first-order valence-electron chi connectivity index (χ1n) is 3.23. The summed E-state index contributed by atoms with van der Waals surface area (Å²) in [5.74, 6) is 0.230. The topological polar surface area (TPSA) is 32.3 Å². The van der Waals surface area contributed by atoms with E-state index in [4.69, 9.17) is 4.74 Å². The third kappa shape index (κ3) is 1.72. The SMILES string of the molecule is COC1C=C([O-])CCC1. The van der Waals surface area contributed by atoms with E-state index in [0.29, 0.717) is 6.42 Å². The van der Waals surface area contributed by atoms with E-state index >= 15 is 0 Å². The summed E-state index contributed by atoms with van der Waals surface area (Å²) in [6, 6.07) is 0. The van der Waals surface area contributed by atoms with Gasteiger partial charge in [-0.25, -0.2) is 0 Å². The molecular formula is C7H11O2-. The first-order valence-corrected chi connectivity index (χ1v) is 3.23. The zero-order chi connectivity index (χ0) is 6.69. The summed E-state index contributed by atoms with van der Waals surface area (Å²) in [6.45, 7) is 0. The van der Waals surface area contributed by atoms with E-state index < -0.39 is 0 Å². The fourth-order valence-electron chi connectivity index (χ4n) is 1.04. The number of allylic oxidation sites excluding steroid dienone is 1. The molecule has 0 saturated heterocycles. The van der Waals surface area contributed by atoms with Crippen LogP contribution in [0.2, 0.25) is 0 Å². The Hall–Kier alpha value is -0.500. The van der Waals surface area contributed by atoms with Crippen LogP contribution in [0, 0.1) is 0 Å². The number of rotatable bonds is 1. The van der Waals surface area contributed by atoms with Crippen LogP contribution in [-0.2, 0) is 4.74 Å². The van der Waals surface area contributed by atoms with Crippen molar-refractivity contribution in [3.05, 3.63) is 11.8 Å². The molecule has 0 spiro atoms. The molecule has 9 heavy (non-hydrogen) atoms. The Labute approximate surface area is 55.1 Å². The quantitative estimate of drug-likeness (QED) is 0.511. The lowest BCUT2D eigenvalue weighted by atomic mass is 10.0. The second kappa shape index (κ2) is 2.87. The third-order valence-electron chi connectivity index (χ3n) is 1.59. The highest BCUT2D eigenvalue weighted by molar-refractivity contribution is 4.99. The largest absolute Gasteiger partial charge is 0.876 e. The standard InChI is InChI=1S/C7H12O2/c1-9-7-4-2-3-6(8)5-7/h5,7-8H,2-4H2,1H3/p-1. The second-order valence-corrected chi connectivity index (χ2v) is 2.30. The first kappa shape index (κ1) is 6.62. The maximum absolute atomic E-state index is 10.7. The molecule has 1 atom stereocenters. The predicted octanol–water partition coefficient (Wildman–Crippen LogP) is 0.429. The van der Waals surface area contributed by atoms with Gasteiger partial charge in [0, 0.05) is 7.11 Å². The van der Waals surface area contributed by atoms with Crippen LogP contribution in [0.25, 0.3) is 0 Å². The molecular weight excluding hydrogens is 116 g/mol. The minimum atomic E-state index is 0.0891. The van der Waals surface area contributed by atoms with Gasteiger partial charge >= 0.3 is 0 Å². The first-order chi connectivity index (χ1) is 4.33. The molecule has 0 N–H and O–H groups in total. The van der Waals surface area contributed by atoms with Crippen LogP contribution in [0.1, 0.15) is 19.3 Å². The van der Waals surface area contributed by atoms with Gasteiger partial charge in [-0.3, -0.25) is 0 Å². The van der Waals surface area contributed by atoms with Crippen LogP contribution in [0.3, 0.4) is 0 Å². The average Bonchev–Trinajstić information content (AvgIpc) is 1.88. The number of methoxy groups -OCH3 is 1. The molecule has 0 aromatic carbocycles. The molecule has 0 aromatic rings. The highest BCUT2D eigenvalue weighted by atomic mass is 16.5. The van der Waals surface area contributed by atoms with Gasteiger partial charge in [-0.1, -0.05) is 6.08 Å². The van der Waals surface area contributed by atoms with Crippen molar-refractivity contribution in [2.45, 2.75) is 25.4 Å². The molecule has 2 heteroatoms. The molecule has 0 saturated carbocycles. The number of ether oxygens (including phenoxy) is 1. The van der Waals surface area contributed by atoms with E-state index in [-0.39, 0.29) is 11.9 Å². The van der Waals surface area contributed by atoms with Crippen molar-refractivity contribution in [1.29, 1.82) is 0 Å². The molecule has 0 radical (unpaired) electrons. The molecule has 0 aliphatic heterocycles. The van der Waals surface area contributed by atoms with E-state index in [1.165, 1.54) is 0 Å². The van der Waals surface area contributed by atoms with E-state index in [9.17, 15) is 5.11 Å². The van der Waals surface area contributed by atoms with Gasteiger partial charge in [0.05, 0.1) is 6.10 Å². The van der Waals surface area contributed by atoms with E-state index in [1.54, 1.807) is 13.2 Å². The van der Waals surface area contributed by atoms with Gasteiger partial charge in [-0.2, -0.15) is 0 Å². The van der Waals surface area contributed by atoms with Crippen molar-refractivity contribution < 1.29 is 9.84 Å². The summed E-state index contributed by atoms with van der Waals surface area (Å²) >= 11 is 0. The fourth-order valence-corrected chi connectivity index (χ4v) is 1.04. The highest BCUT2D eigenvalue weighted by Gasteiger charge is 2.06. The lowest BCUT2D eigenvalue weighted by Crippen LogP contribution is -2.17. The van der Waals surface area contributed by atoms with Crippen LogP contribution in [0.4, 0.5) is 0 Å². The van der Waals surface area contributed by atoms with Gasteiger partial charge in [0.15, 0.2) is 0 Å². The lowest BCUT2D eigenvalue weighted by Gasteiger charge is -2.22. The maximum Gasteiger partial charge on any atom is 0.0746 e. The smallest absolute Gasteiger partial charge is 0.0746 e. The monoisotopic (exact) mass is 127 g/mol. The summed E-state index contributed by atoms with van der Waals surface area (Å²) in [7, 11) is 1.64. The van der Waals surface area contributed by atoms with Gasteiger partial charge in [-0.05, 0) is 19.3 Å². The van der Waals surface area contributed by atoms with Crippen molar-refractivity contribution in [3.63, 3.8) is 0 Å². The Morgan fingerprint density at radius 3 is 3.00 bits per heavy atom. The third-order valence-corrected chi connectivity index (χ3v) is 1.59. The van der Waals surface area contributed by atoms with Crippen molar-refractivity contribution >= 4 is 0 Å². The van der Waals surface area contributed by atoms with Gasteiger partial charge in [0.25, 0.3) is 0 Å². The van der Waals surface area contributed by atoms with Gasteiger partial charge in [-0.15, -0.1) is 5.76 Å². The minimum Gasteiger partial charge on any atom is -0.876 e. The number of hydrogen-bond donors (Lipinski definition) is 0. The van der Waals surface area contributed by atoms with E-state index in [0.717, 1.165) is 12.8 Å². The Balaban J connectivity index is 2.47. The van der Waals surface area contributed by atoms with Gasteiger partial charge < -0.3 is 9.84 Å². The Bertz CT molecular complexity index is 118. The second-order valence-electron chi connectivity index (χ2n) is 2.30. The molecule has 2 nitrogen and oxygen atoms in total. The predicted molar refractivity (Wildman–Crippen MR) is 32.7 cm³/mol. The van der Waals surface area contributed by atoms with Crippen molar-refractivity contribution in [1.82, 2.24) is 0 Å². The zero-order valence-electron chi connectivity index (χ0n) is 5.59. The summed E-state index contributed by atoms with van der Waals surface area (Å²) < 4.78 is 4.99. The normalized spacial score (nSPS) is 27.7. The molecule has 0 aromatic heterocycles. The molecule has 1 aliphatic carbocycles. The summed E-state index contributed by atoms with van der Waals surface area (Å²) in [5, 5.41) is 10.7. The van der Waals surface area contributed by atoms with Crippen LogP contribution >= 0.6 is 0 Å². The van der Waals surface area contributed by atoms with Gasteiger partial charge in [0.1, 0.15) is 0 Å². The van der Waals surface area contributed by atoms with Crippen LogP contribution in [0.5, 0.6) is 0 Å². The molecule has 0 bridgehead atoms. The Morgan fingerprint density at radius 1 is 1.78 bits per heavy atom. The van der Waals surface area contributed by atoms with Crippen LogP contribution in [0.15, 0.2) is 11.8 Å². The Morgan fingerprint density at radius 2 is 2.56 bits per heavy atom. The highest BCUT2D eigenvalue weighted by Crippen LogP contribution is 2.15. The van der Waals surface area contributed by atoms with Crippen molar-refractivity contribution in [3.8, 4) is 0 Å². The van der Waals surface area contributed by atoms with Crippen molar-refractivity contribution in [2.75, 3.05) is 7.11 Å². The molecule has 0 amide bonds. The molecule has 0 heterocycles. The summed E-state index contributed by atoms with van der Waals surface area (Å²) in [6.07, 6.45) is 4.45. The molecule has 52 valence electrons. The molecule has 1 unspecified atom stereocenters. The van der Waals surface area contributed by atoms with Gasteiger partial charge in [0.2, 0.25) is 0 Å². The average molecular weight is 127 g/mol. The van der Waals surface area contributed by atoms with Crippen LogP contribution in [-0.4, -0.2) is 13.2 Å². The van der Waals surface area contributed by atoms with E-state index in [2.05, 4.69) is 0 Å². The lowest BCUT2D eigenvalue weighted by molar-refractivity contribution is -0.309. The van der Waals surface area contributed by atoms with Crippen LogP contribution < -0.4 is 5.11 Å². The summed E-state index contributed by atoms with van der Waals surface area (Å²) in [4.78, 5) is 0. The number of hydrogen-bond acceptors (Lipinski definition) is 2. The molecule has 1 aliphatic rings. The van der Waals surface area contributed by atoms with Crippen molar-refractivity contribution in [2.24, 2.45) is 0 Å². The van der Waals surface area contributed by atoms with E-state index in [1.807, 2.05) is 0 Å². The molecule has 0 fully saturated rings.